The van der Waals surface area contributed by atoms with Crippen LogP contribution in [0.15, 0.2) is 0 Å². The van der Waals surface area contributed by atoms with E-state index >= 15 is 0 Å². The number of halogens is 2. The molecule has 17 heavy (non-hydrogen) atoms. The molecule has 1 saturated carbocycles. The third-order valence-corrected chi connectivity index (χ3v) is 3.27. The first kappa shape index (κ1) is 13.9. The molecule has 1 amide bonds. The topological polar surface area (TPSA) is 66.4 Å². The van der Waals surface area contributed by atoms with Gasteiger partial charge >= 0.3 is 5.97 Å². The van der Waals surface area contributed by atoms with Crippen LogP contribution in [0.5, 0.6) is 0 Å². The van der Waals surface area contributed by atoms with Gasteiger partial charge in [0, 0.05) is 11.8 Å². The van der Waals surface area contributed by atoms with Crippen molar-refractivity contribution in [3.63, 3.8) is 0 Å². The maximum absolute atomic E-state index is 12.2. The first-order valence-corrected chi connectivity index (χ1v) is 5.67. The predicted molar refractivity (Wildman–Crippen MR) is 56.8 cm³/mol. The number of carbonyl (C=O) groups is 2. The Balaban J connectivity index is 2.60. The number of aliphatic carboxylic acids is 1. The molecule has 0 spiro atoms. The number of hydrogen-bond acceptors (Lipinski definition) is 2. The van der Waals surface area contributed by atoms with Gasteiger partial charge in [-0.1, -0.05) is 19.8 Å². The van der Waals surface area contributed by atoms with E-state index in [1.807, 2.05) is 0 Å². The summed E-state index contributed by atoms with van der Waals surface area (Å²) in [5, 5.41) is 11.0. The Morgan fingerprint density at radius 3 is 2.29 bits per heavy atom. The zero-order valence-corrected chi connectivity index (χ0v) is 9.71. The second kappa shape index (κ2) is 5.42. The van der Waals surface area contributed by atoms with Crippen molar-refractivity contribution >= 4 is 11.9 Å². The fourth-order valence-corrected chi connectivity index (χ4v) is 2.11. The van der Waals surface area contributed by atoms with Gasteiger partial charge in [0.1, 0.15) is 6.04 Å². The monoisotopic (exact) mass is 249 g/mol. The summed E-state index contributed by atoms with van der Waals surface area (Å²) in [7, 11) is 0. The summed E-state index contributed by atoms with van der Waals surface area (Å²) in [6.07, 6.45) is -0.406. The van der Waals surface area contributed by atoms with Crippen molar-refractivity contribution < 1.29 is 23.5 Å². The Bertz CT molecular complexity index is 301. The molecule has 1 fully saturated rings. The minimum absolute atomic E-state index is 0.428. The molecule has 0 aromatic rings. The zero-order valence-electron chi connectivity index (χ0n) is 9.71. The third-order valence-electron chi connectivity index (χ3n) is 3.27. The number of carbonyl (C=O) groups excluding carboxylic acids is 1. The molecule has 1 aliphatic carbocycles. The molecule has 1 rings (SSSR count). The average Bonchev–Trinajstić information content (AvgIpc) is 2.64. The Labute approximate surface area is 98.4 Å². The van der Waals surface area contributed by atoms with Crippen molar-refractivity contribution in [2.75, 3.05) is 0 Å². The molecule has 0 heterocycles. The lowest BCUT2D eigenvalue weighted by Gasteiger charge is -2.24. The van der Waals surface area contributed by atoms with Gasteiger partial charge in [0.05, 0.1) is 0 Å². The molecule has 0 aliphatic heterocycles. The van der Waals surface area contributed by atoms with Crippen LogP contribution in [0.1, 0.15) is 39.0 Å². The van der Waals surface area contributed by atoms with Crippen molar-refractivity contribution in [2.24, 2.45) is 5.41 Å². The van der Waals surface area contributed by atoms with Crippen LogP contribution >= 0.6 is 0 Å². The van der Waals surface area contributed by atoms with Gasteiger partial charge in [-0.25, -0.2) is 13.6 Å². The molecule has 0 radical (unpaired) electrons. The van der Waals surface area contributed by atoms with Gasteiger partial charge in [-0.05, 0) is 12.8 Å². The van der Waals surface area contributed by atoms with E-state index in [1.165, 1.54) is 0 Å². The molecular formula is C11H17F2NO3. The Morgan fingerprint density at radius 1 is 1.35 bits per heavy atom. The van der Waals surface area contributed by atoms with E-state index in [9.17, 15) is 18.4 Å². The Kier molecular flexibility index (Phi) is 4.42. The lowest BCUT2D eigenvalue weighted by Crippen LogP contribution is -2.47. The quantitative estimate of drug-likeness (QED) is 0.780. The number of carboxylic acid groups (broad SMARTS) is 1. The van der Waals surface area contributed by atoms with Crippen molar-refractivity contribution in [3.8, 4) is 0 Å². The molecule has 1 atom stereocenters. The van der Waals surface area contributed by atoms with Gasteiger partial charge in [-0.2, -0.15) is 0 Å². The Morgan fingerprint density at radius 2 is 1.88 bits per heavy atom. The van der Waals surface area contributed by atoms with Gasteiger partial charge in [0.15, 0.2) is 0 Å². The van der Waals surface area contributed by atoms with E-state index in [0.717, 1.165) is 12.8 Å². The fraction of sp³-hybridized carbons (Fsp3) is 0.818. The highest BCUT2D eigenvalue weighted by Gasteiger charge is 2.38. The second-order valence-electron chi connectivity index (χ2n) is 4.76. The number of hydrogen-bond donors (Lipinski definition) is 2. The summed E-state index contributed by atoms with van der Waals surface area (Å²) in [5.41, 5.74) is -0.601. The number of rotatable bonds is 5. The van der Waals surface area contributed by atoms with E-state index < -0.39 is 36.2 Å². The Hall–Kier alpha value is -1.20. The standard InChI is InChI=1S/C11H17F2NO3/c1-11(4-2-3-5-11)10(17)14-7(9(15)16)6-8(12)13/h7-8H,2-6H2,1H3,(H,14,17)(H,15,16). The fourth-order valence-electron chi connectivity index (χ4n) is 2.11. The predicted octanol–water partition coefficient (Wildman–Crippen LogP) is 1.79. The van der Waals surface area contributed by atoms with Gasteiger partial charge < -0.3 is 10.4 Å². The van der Waals surface area contributed by atoms with Crippen molar-refractivity contribution in [1.29, 1.82) is 0 Å². The highest BCUT2D eigenvalue weighted by Crippen LogP contribution is 2.37. The summed E-state index contributed by atoms with van der Waals surface area (Å²) < 4.78 is 24.3. The van der Waals surface area contributed by atoms with Crippen LogP contribution in [0.4, 0.5) is 8.78 Å². The first-order chi connectivity index (χ1) is 7.85. The van der Waals surface area contributed by atoms with Crippen molar-refractivity contribution in [3.05, 3.63) is 0 Å². The summed E-state index contributed by atoms with van der Waals surface area (Å²) in [5.74, 6) is -1.84. The maximum atomic E-state index is 12.2. The van der Waals surface area contributed by atoms with E-state index in [4.69, 9.17) is 5.11 Å². The minimum atomic E-state index is -2.74. The van der Waals surface area contributed by atoms with Crippen LogP contribution in [0.3, 0.4) is 0 Å². The molecule has 0 aromatic carbocycles. The van der Waals surface area contributed by atoms with E-state index in [-0.39, 0.29) is 0 Å². The third kappa shape index (κ3) is 3.64. The minimum Gasteiger partial charge on any atom is -0.480 e. The van der Waals surface area contributed by atoms with Gasteiger partial charge in [0.25, 0.3) is 0 Å². The first-order valence-electron chi connectivity index (χ1n) is 5.67. The van der Waals surface area contributed by atoms with Crippen LogP contribution < -0.4 is 5.32 Å². The molecule has 98 valence electrons. The molecule has 0 bridgehead atoms. The molecular weight excluding hydrogens is 232 g/mol. The molecule has 0 aromatic heterocycles. The highest BCUT2D eigenvalue weighted by atomic mass is 19.3. The summed E-state index contributed by atoms with van der Waals surface area (Å²) in [4.78, 5) is 22.6. The number of alkyl halides is 2. The molecule has 0 saturated heterocycles. The molecule has 1 aliphatic rings. The number of carboxylic acids is 1. The van der Waals surface area contributed by atoms with Crippen molar-refractivity contribution in [2.45, 2.75) is 51.5 Å². The summed E-state index contributed by atoms with van der Waals surface area (Å²) in [6, 6.07) is -1.50. The lowest BCUT2D eigenvalue weighted by molar-refractivity contribution is -0.144. The average molecular weight is 249 g/mol. The largest absolute Gasteiger partial charge is 0.480 e. The number of nitrogens with one attached hydrogen (secondary N) is 1. The maximum Gasteiger partial charge on any atom is 0.326 e. The van der Waals surface area contributed by atoms with E-state index in [1.54, 1.807) is 6.92 Å². The van der Waals surface area contributed by atoms with Crippen LogP contribution in [0.25, 0.3) is 0 Å². The van der Waals surface area contributed by atoms with Crippen LogP contribution in [0.2, 0.25) is 0 Å². The van der Waals surface area contributed by atoms with Crippen molar-refractivity contribution in [1.82, 2.24) is 5.32 Å². The molecule has 2 N–H and O–H groups in total. The smallest absolute Gasteiger partial charge is 0.326 e. The van der Waals surface area contributed by atoms with Crippen LogP contribution in [0, 0.1) is 5.41 Å². The molecule has 1 unspecified atom stereocenters. The zero-order chi connectivity index (χ0) is 13.1. The summed E-state index contributed by atoms with van der Waals surface area (Å²) in [6.45, 7) is 1.75. The highest BCUT2D eigenvalue weighted by molar-refractivity contribution is 5.87. The second-order valence-corrected chi connectivity index (χ2v) is 4.76. The number of amides is 1. The van der Waals surface area contributed by atoms with E-state index in [2.05, 4.69) is 5.32 Å². The van der Waals surface area contributed by atoms with E-state index in [0.29, 0.717) is 12.8 Å². The summed E-state index contributed by atoms with van der Waals surface area (Å²) >= 11 is 0. The SMILES string of the molecule is CC1(C(=O)NC(CC(F)F)C(=O)O)CCCC1. The van der Waals surface area contributed by atoms with Gasteiger partial charge in [-0.15, -0.1) is 0 Å². The van der Waals surface area contributed by atoms with Crippen LogP contribution in [-0.2, 0) is 9.59 Å². The lowest BCUT2D eigenvalue weighted by atomic mass is 9.87. The van der Waals surface area contributed by atoms with Gasteiger partial charge in [-0.3, -0.25) is 4.79 Å². The van der Waals surface area contributed by atoms with Gasteiger partial charge in [0.2, 0.25) is 12.3 Å². The molecule has 6 heteroatoms. The molecule has 4 nitrogen and oxygen atoms in total. The van der Waals surface area contributed by atoms with Crippen LogP contribution in [-0.4, -0.2) is 29.5 Å². The normalized spacial score (nSPS) is 20.2.